The number of hydrogen-bond acceptors (Lipinski definition) is 4. The van der Waals surface area contributed by atoms with Gasteiger partial charge in [0.25, 0.3) is 0 Å². The van der Waals surface area contributed by atoms with Crippen molar-refractivity contribution in [2.75, 3.05) is 19.3 Å². The van der Waals surface area contributed by atoms with Crippen LogP contribution >= 0.6 is 0 Å². The van der Waals surface area contributed by atoms with Crippen LogP contribution < -0.4 is 5.32 Å². The van der Waals surface area contributed by atoms with E-state index >= 15 is 0 Å². The van der Waals surface area contributed by atoms with E-state index in [4.69, 9.17) is 5.11 Å². The van der Waals surface area contributed by atoms with E-state index in [1.54, 1.807) is 0 Å². The van der Waals surface area contributed by atoms with Crippen LogP contribution in [0, 0.1) is 5.41 Å². The third kappa shape index (κ3) is 4.45. The number of carboxylic acid groups (broad SMARTS) is 1. The van der Waals surface area contributed by atoms with Gasteiger partial charge in [-0.25, -0.2) is 8.42 Å². The predicted octanol–water partition coefficient (Wildman–Crippen LogP) is 0.0275. The first kappa shape index (κ1) is 16.9. The Kier molecular flexibility index (Phi) is 5.15. The molecule has 2 N–H and O–H groups in total. The molecule has 0 aliphatic carbocycles. The summed E-state index contributed by atoms with van der Waals surface area (Å²) in [6.45, 7) is 3.65. The van der Waals surface area contributed by atoms with Crippen molar-refractivity contribution < 1.29 is 23.1 Å². The molecule has 7 nitrogen and oxygen atoms in total. The van der Waals surface area contributed by atoms with E-state index in [0.717, 1.165) is 12.7 Å². The summed E-state index contributed by atoms with van der Waals surface area (Å²) in [5.74, 6) is -1.41. The van der Waals surface area contributed by atoms with Crippen molar-refractivity contribution in [1.29, 1.82) is 0 Å². The molecule has 0 saturated carbocycles. The molecule has 0 aromatic heterocycles. The number of sulfonamides is 1. The molecule has 0 radical (unpaired) electrons. The fourth-order valence-electron chi connectivity index (χ4n) is 2.22. The maximum Gasteiger partial charge on any atom is 0.309 e. The van der Waals surface area contributed by atoms with Gasteiger partial charge < -0.3 is 10.4 Å². The summed E-state index contributed by atoms with van der Waals surface area (Å²) in [4.78, 5) is 22.7. The lowest BCUT2D eigenvalue weighted by atomic mass is 9.89. The smallest absolute Gasteiger partial charge is 0.309 e. The topological polar surface area (TPSA) is 104 Å². The highest BCUT2D eigenvalue weighted by Crippen LogP contribution is 2.21. The van der Waals surface area contributed by atoms with E-state index in [1.807, 2.05) is 0 Å². The van der Waals surface area contributed by atoms with Gasteiger partial charge in [-0.05, 0) is 26.7 Å². The predicted molar refractivity (Wildman–Crippen MR) is 73.6 cm³/mol. The summed E-state index contributed by atoms with van der Waals surface area (Å²) in [5, 5.41) is 11.6. The molecule has 0 aromatic carbocycles. The molecule has 1 saturated heterocycles. The first-order valence-corrected chi connectivity index (χ1v) is 8.36. The fraction of sp³-hybridized carbons (Fsp3) is 0.833. The van der Waals surface area contributed by atoms with Gasteiger partial charge in [-0.15, -0.1) is 0 Å². The van der Waals surface area contributed by atoms with Crippen LogP contribution in [0.15, 0.2) is 0 Å². The number of carbonyl (C=O) groups is 2. The highest BCUT2D eigenvalue weighted by Gasteiger charge is 2.33. The molecule has 1 atom stereocenters. The first-order chi connectivity index (χ1) is 9.04. The van der Waals surface area contributed by atoms with Gasteiger partial charge >= 0.3 is 5.97 Å². The van der Waals surface area contributed by atoms with Crippen LogP contribution in [0.25, 0.3) is 0 Å². The molecule has 0 aromatic rings. The molecule has 8 heteroatoms. The molecule has 1 heterocycles. The van der Waals surface area contributed by atoms with Crippen LogP contribution in [0.3, 0.4) is 0 Å². The standard InChI is InChI=1S/C12H22N2O5S/c1-12(2,11(16)17)7-10(15)13-8-9-5-4-6-14(9)20(3,18)19/h9H,4-8H2,1-3H3,(H,13,15)(H,16,17)/t9-/m1/s1. The van der Waals surface area contributed by atoms with Crippen molar-refractivity contribution in [3.63, 3.8) is 0 Å². The van der Waals surface area contributed by atoms with Gasteiger partial charge in [0.05, 0.1) is 11.7 Å². The number of amides is 1. The van der Waals surface area contributed by atoms with Gasteiger partial charge in [0, 0.05) is 25.6 Å². The van der Waals surface area contributed by atoms with Crippen LogP contribution in [-0.2, 0) is 19.6 Å². The summed E-state index contributed by atoms with van der Waals surface area (Å²) in [5.41, 5.74) is -1.13. The van der Waals surface area contributed by atoms with E-state index in [0.29, 0.717) is 13.0 Å². The first-order valence-electron chi connectivity index (χ1n) is 6.51. The molecule has 1 aliphatic heterocycles. The molecule has 1 rings (SSSR count). The summed E-state index contributed by atoms with van der Waals surface area (Å²) in [6.07, 6.45) is 2.50. The SMILES string of the molecule is CC(C)(CC(=O)NC[C@H]1CCCN1S(C)(=O)=O)C(=O)O. The summed E-state index contributed by atoms with van der Waals surface area (Å²) in [6, 6.07) is -0.234. The molecular weight excluding hydrogens is 284 g/mol. The van der Waals surface area contributed by atoms with Crippen LogP contribution in [-0.4, -0.2) is 55.1 Å². The van der Waals surface area contributed by atoms with Gasteiger partial charge in [-0.2, -0.15) is 4.31 Å². The maximum atomic E-state index is 11.7. The average molecular weight is 306 g/mol. The Bertz CT molecular complexity index is 486. The highest BCUT2D eigenvalue weighted by molar-refractivity contribution is 7.88. The van der Waals surface area contributed by atoms with Gasteiger partial charge in [0.2, 0.25) is 15.9 Å². The number of rotatable bonds is 6. The molecule has 116 valence electrons. The number of carboxylic acids is 1. The van der Waals surface area contributed by atoms with E-state index < -0.39 is 21.4 Å². The second-order valence-electron chi connectivity index (χ2n) is 5.84. The van der Waals surface area contributed by atoms with Gasteiger partial charge in [0.1, 0.15) is 0 Å². The Hall–Kier alpha value is -1.15. The lowest BCUT2D eigenvalue weighted by molar-refractivity contribution is -0.149. The van der Waals surface area contributed by atoms with Crippen molar-refractivity contribution in [1.82, 2.24) is 9.62 Å². The zero-order valence-corrected chi connectivity index (χ0v) is 12.9. The Morgan fingerprint density at radius 2 is 2.00 bits per heavy atom. The van der Waals surface area contributed by atoms with E-state index in [-0.39, 0.29) is 24.9 Å². The number of aliphatic carboxylic acids is 1. The monoisotopic (exact) mass is 306 g/mol. The largest absolute Gasteiger partial charge is 0.481 e. The Morgan fingerprint density at radius 1 is 1.40 bits per heavy atom. The van der Waals surface area contributed by atoms with Crippen molar-refractivity contribution in [3.8, 4) is 0 Å². The lowest BCUT2D eigenvalue weighted by Crippen LogP contribution is -2.43. The van der Waals surface area contributed by atoms with Gasteiger partial charge in [0.15, 0.2) is 0 Å². The molecule has 20 heavy (non-hydrogen) atoms. The second-order valence-corrected chi connectivity index (χ2v) is 7.77. The molecule has 0 spiro atoms. The summed E-state index contributed by atoms with van der Waals surface area (Å²) < 4.78 is 24.5. The zero-order valence-electron chi connectivity index (χ0n) is 12.0. The normalized spacial score (nSPS) is 20.9. The van der Waals surface area contributed by atoms with Crippen LogP contribution in [0.2, 0.25) is 0 Å². The van der Waals surface area contributed by atoms with Crippen molar-refractivity contribution >= 4 is 21.9 Å². The zero-order chi connectivity index (χ0) is 15.6. The summed E-state index contributed by atoms with van der Waals surface area (Å²) in [7, 11) is -3.26. The third-order valence-electron chi connectivity index (χ3n) is 3.47. The van der Waals surface area contributed by atoms with Crippen molar-refractivity contribution in [2.24, 2.45) is 5.41 Å². The quantitative estimate of drug-likeness (QED) is 0.720. The third-order valence-corrected chi connectivity index (χ3v) is 4.80. The van der Waals surface area contributed by atoms with Crippen LogP contribution in [0.1, 0.15) is 33.1 Å². The van der Waals surface area contributed by atoms with Crippen molar-refractivity contribution in [2.45, 2.75) is 39.2 Å². The van der Waals surface area contributed by atoms with Crippen molar-refractivity contribution in [3.05, 3.63) is 0 Å². The number of nitrogens with zero attached hydrogens (tertiary/aromatic N) is 1. The molecule has 0 unspecified atom stereocenters. The van der Waals surface area contributed by atoms with Gasteiger partial charge in [-0.3, -0.25) is 9.59 Å². The highest BCUT2D eigenvalue weighted by atomic mass is 32.2. The summed E-state index contributed by atoms with van der Waals surface area (Å²) >= 11 is 0. The fourth-order valence-corrected chi connectivity index (χ4v) is 3.40. The van der Waals surface area contributed by atoms with Gasteiger partial charge in [-0.1, -0.05) is 0 Å². The van der Waals surface area contributed by atoms with E-state index in [2.05, 4.69) is 5.32 Å². The number of carbonyl (C=O) groups excluding carboxylic acids is 1. The van der Waals surface area contributed by atoms with E-state index in [1.165, 1.54) is 18.2 Å². The minimum Gasteiger partial charge on any atom is -0.481 e. The molecule has 1 amide bonds. The Morgan fingerprint density at radius 3 is 2.50 bits per heavy atom. The minimum absolute atomic E-state index is 0.131. The molecule has 1 aliphatic rings. The average Bonchev–Trinajstić information content (AvgIpc) is 2.73. The lowest BCUT2D eigenvalue weighted by Gasteiger charge is -2.23. The van der Waals surface area contributed by atoms with E-state index in [9.17, 15) is 18.0 Å². The minimum atomic E-state index is -3.26. The van der Waals surface area contributed by atoms with Crippen LogP contribution in [0.4, 0.5) is 0 Å². The molecule has 1 fully saturated rings. The maximum absolute atomic E-state index is 11.7. The second kappa shape index (κ2) is 6.09. The Balaban J connectivity index is 2.51. The van der Waals surface area contributed by atoms with Crippen LogP contribution in [0.5, 0.6) is 0 Å². The number of nitrogens with one attached hydrogen (secondary N) is 1. The molecular formula is C12H22N2O5S. The molecule has 0 bridgehead atoms. The Labute approximate surface area is 119 Å². The number of hydrogen-bond donors (Lipinski definition) is 2.